The smallest absolute Gasteiger partial charge is 0.230 e. The number of hydrogen-bond donors (Lipinski definition) is 0. The van der Waals surface area contributed by atoms with E-state index < -0.39 is 0 Å². The van der Waals surface area contributed by atoms with E-state index in [9.17, 15) is 4.79 Å². The van der Waals surface area contributed by atoms with Crippen LogP contribution < -0.4 is 9.64 Å². The average Bonchev–Trinajstić information content (AvgIpc) is 3.05. The maximum atomic E-state index is 13.1. The number of benzene rings is 1. The number of carbonyl (C=O) groups is 1. The van der Waals surface area contributed by atoms with Crippen molar-refractivity contribution in [3.8, 4) is 5.75 Å². The third-order valence-electron chi connectivity index (χ3n) is 5.51. The molecule has 3 nitrogen and oxygen atoms in total. The quantitative estimate of drug-likeness (QED) is 0.789. The minimum atomic E-state index is 0.259. The van der Waals surface area contributed by atoms with Crippen molar-refractivity contribution >= 4 is 11.6 Å². The fourth-order valence-corrected chi connectivity index (χ4v) is 4.46. The molecular formula is C18H23NO2. The molecule has 0 aromatic heterocycles. The fraction of sp³-hybridized carbons (Fsp3) is 0.611. The summed E-state index contributed by atoms with van der Waals surface area (Å²) in [5, 5.41) is 0. The largest absolute Gasteiger partial charge is 0.491 e. The number of fused-ring (bicyclic) bond motifs is 3. The molecule has 2 fully saturated rings. The number of rotatable bonds is 1. The zero-order valence-corrected chi connectivity index (χ0v) is 12.7. The van der Waals surface area contributed by atoms with Gasteiger partial charge in [-0.15, -0.1) is 0 Å². The summed E-state index contributed by atoms with van der Waals surface area (Å²) >= 11 is 0. The first kappa shape index (κ1) is 13.2. The highest BCUT2D eigenvalue weighted by atomic mass is 16.5. The van der Waals surface area contributed by atoms with E-state index in [0.29, 0.717) is 18.4 Å². The maximum Gasteiger partial charge on any atom is 0.230 e. The highest BCUT2D eigenvalue weighted by Gasteiger charge is 2.45. The molecule has 0 spiro atoms. The third-order valence-corrected chi connectivity index (χ3v) is 5.51. The van der Waals surface area contributed by atoms with Crippen molar-refractivity contribution in [1.82, 2.24) is 0 Å². The highest BCUT2D eigenvalue weighted by molar-refractivity contribution is 5.97. The van der Waals surface area contributed by atoms with Gasteiger partial charge in [0.2, 0.25) is 5.91 Å². The summed E-state index contributed by atoms with van der Waals surface area (Å²) in [5.41, 5.74) is 2.17. The van der Waals surface area contributed by atoms with E-state index in [-0.39, 0.29) is 5.92 Å². The van der Waals surface area contributed by atoms with Gasteiger partial charge in [0.25, 0.3) is 0 Å². The van der Waals surface area contributed by atoms with Gasteiger partial charge in [0.15, 0.2) is 0 Å². The maximum absolute atomic E-state index is 13.1. The van der Waals surface area contributed by atoms with Crippen LogP contribution in [0.4, 0.5) is 5.69 Å². The number of aryl methyl sites for hydroxylation is 1. The first-order valence-corrected chi connectivity index (χ1v) is 8.27. The van der Waals surface area contributed by atoms with Gasteiger partial charge in [-0.1, -0.05) is 12.5 Å². The van der Waals surface area contributed by atoms with Gasteiger partial charge in [-0.3, -0.25) is 4.79 Å². The van der Waals surface area contributed by atoms with Crippen LogP contribution in [0.2, 0.25) is 0 Å². The van der Waals surface area contributed by atoms with E-state index in [0.717, 1.165) is 36.7 Å². The SMILES string of the molecule is Cc1ccc2c(c1)N(C(=O)[C@@H]1C[C@H]3CC[C@H]1C3)CCCO2. The fourth-order valence-electron chi connectivity index (χ4n) is 4.46. The molecule has 1 aromatic carbocycles. The van der Waals surface area contributed by atoms with Crippen LogP contribution in [0, 0.1) is 24.7 Å². The molecule has 0 N–H and O–H groups in total. The molecule has 1 aromatic rings. The molecule has 2 aliphatic carbocycles. The highest BCUT2D eigenvalue weighted by Crippen LogP contribution is 2.49. The van der Waals surface area contributed by atoms with Crippen molar-refractivity contribution in [1.29, 1.82) is 0 Å². The van der Waals surface area contributed by atoms with Crippen LogP contribution in [0.5, 0.6) is 5.75 Å². The predicted molar refractivity (Wildman–Crippen MR) is 82.6 cm³/mol. The Morgan fingerprint density at radius 2 is 2.19 bits per heavy atom. The Hall–Kier alpha value is -1.51. The molecule has 3 heteroatoms. The van der Waals surface area contributed by atoms with Gasteiger partial charge in [0.1, 0.15) is 5.75 Å². The van der Waals surface area contributed by atoms with Crippen LogP contribution in [-0.2, 0) is 4.79 Å². The topological polar surface area (TPSA) is 29.5 Å². The number of amides is 1. The minimum absolute atomic E-state index is 0.259. The van der Waals surface area contributed by atoms with E-state index in [1.165, 1.54) is 24.8 Å². The molecule has 0 saturated heterocycles. The summed E-state index contributed by atoms with van der Waals surface area (Å²) in [5.74, 6) is 2.92. The van der Waals surface area contributed by atoms with Gasteiger partial charge < -0.3 is 9.64 Å². The number of carbonyl (C=O) groups excluding carboxylic acids is 1. The van der Waals surface area contributed by atoms with Gasteiger partial charge in [0.05, 0.1) is 12.3 Å². The van der Waals surface area contributed by atoms with Gasteiger partial charge in [0, 0.05) is 12.5 Å². The summed E-state index contributed by atoms with van der Waals surface area (Å²) in [6.45, 7) is 3.57. The van der Waals surface area contributed by atoms with Crippen molar-refractivity contribution in [2.45, 2.75) is 39.0 Å². The molecule has 3 atom stereocenters. The van der Waals surface area contributed by atoms with Crippen LogP contribution in [0.3, 0.4) is 0 Å². The summed E-state index contributed by atoms with van der Waals surface area (Å²) < 4.78 is 5.81. The minimum Gasteiger partial charge on any atom is -0.491 e. The molecule has 1 heterocycles. The molecule has 4 rings (SSSR count). The van der Waals surface area contributed by atoms with Crippen molar-refractivity contribution < 1.29 is 9.53 Å². The van der Waals surface area contributed by atoms with E-state index >= 15 is 0 Å². The lowest BCUT2D eigenvalue weighted by molar-refractivity contribution is -0.123. The predicted octanol–water partition coefficient (Wildman–Crippen LogP) is 3.55. The molecule has 0 radical (unpaired) electrons. The Bertz CT molecular complexity index is 568. The van der Waals surface area contributed by atoms with Crippen molar-refractivity contribution in [2.75, 3.05) is 18.1 Å². The molecule has 1 amide bonds. The van der Waals surface area contributed by atoms with Crippen LogP contribution in [0.25, 0.3) is 0 Å². The third kappa shape index (κ3) is 2.23. The molecule has 0 unspecified atom stereocenters. The molecule has 1 aliphatic heterocycles. The second-order valence-corrected chi connectivity index (χ2v) is 6.94. The second-order valence-electron chi connectivity index (χ2n) is 6.94. The lowest BCUT2D eigenvalue weighted by Crippen LogP contribution is -2.38. The Balaban J connectivity index is 1.65. The lowest BCUT2D eigenvalue weighted by atomic mass is 9.87. The molecule has 21 heavy (non-hydrogen) atoms. The number of anilines is 1. The van der Waals surface area contributed by atoms with Crippen LogP contribution in [0.15, 0.2) is 18.2 Å². The Labute approximate surface area is 126 Å². The van der Waals surface area contributed by atoms with E-state index in [2.05, 4.69) is 19.1 Å². The van der Waals surface area contributed by atoms with Gasteiger partial charge in [-0.05, 0) is 62.1 Å². The van der Waals surface area contributed by atoms with Crippen molar-refractivity contribution in [2.24, 2.45) is 17.8 Å². The van der Waals surface area contributed by atoms with E-state index in [1.54, 1.807) is 0 Å². The number of nitrogens with zero attached hydrogens (tertiary/aromatic N) is 1. The van der Waals surface area contributed by atoms with Crippen LogP contribution in [-0.4, -0.2) is 19.1 Å². The van der Waals surface area contributed by atoms with Gasteiger partial charge in [-0.2, -0.15) is 0 Å². The summed E-state index contributed by atoms with van der Waals surface area (Å²) in [6, 6.07) is 6.17. The Morgan fingerprint density at radius 3 is 2.95 bits per heavy atom. The lowest BCUT2D eigenvalue weighted by Gasteiger charge is -2.29. The van der Waals surface area contributed by atoms with Crippen LogP contribution in [0.1, 0.15) is 37.7 Å². The monoisotopic (exact) mass is 285 g/mol. The Kier molecular flexibility index (Phi) is 3.16. The van der Waals surface area contributed by atoms with E-state index in [4.69, 9.17) is 4.74 Å². The van der Waals surface area contributed by atoms with E-state index in [1.807, 2.05) is 11.0 Å². The summed E-state index contributed by atoms with van der Waals surface area (Å²) in [7, 11) is 0. The summed E-state index contributed by atoms with van der Waals surface area (Å²) in [4.78, 5) is 15.1. The molecular weight excluding hydrogens is 262 g/mol. The van der Waals surface area contributed by atoms with Gasteiger partial charge >= 0.3 is 0 Å². The number of ether oxygens (including phenoxy) is 1. The van der Waals surface area contributed by atoms with Crippen LogP contribution >= 0.6 is 0 Å². The molecule has 2 bridgehead atoms. The normalized spacial score (nSPS) is 30.7. The zero-order chi connectivity index (χ0) is 14.4. The van der Waals surface area contributed by atoms with Gasteiger partial charge in [-0.25, -0.2) is 0 Å². The average molecular weight is 285 g/mol. The first-order valence-electron chi connectivity index (χ1n) is 8.27. The standard InChI is InChI=1S/C18H23NO2/c1-12-3-6-17-16(9-12)19(7-2-8-21-17)18(20)15-11-13-4-5-14(15)10-13/h3,6,9,13-15H,2,4-5,7-8,10-11H2,1H3/t13-,14-,15+/m0/s1. The zero-order valence-electron chi connectivity index (χ0n) is 12.7. The Morgan fingerprint density at radius 1 is 1.29 bits per heavy atom. The number of hydrogen-bond acceptors (Lipinski definition) is 2. The molecule has 112 valence electrons. The molecule has 3 aliphatic rings. The van der Waals surface area contributed by atoms with Crippen molar-refractivity contribution in [3.63, 3.8) is 0 Å². The molecule has 2 saturated carbocycles. The van der Waals surface area contributed by atoms with Crippen molar-refractivity contribution in [3.05, 3.63) is 23.8 Å². The first-order chi connectivity index (χ1) is 10.2. The summed E-state index contributed by atoms with van der Waals surface area (Å²) in [6.07, 6.45) is 5.91. The second kappa shape index (κ2) is 5.04.